The highest BCUT2D eigenvalue weighted by molar-refractivity contribution is 6.34. The van der Waals surface area contributed by atoms with Crippen LogP contribution < -0.4 is 11.0 Å². The monoisotopic (exact) mass is 582 g/mol. The summed E-state index contributed by atoms with van der Waals surface area (Å²) in [4.78, 5) is 41.5. The number of hydrogen-bond donors (Lipinski definition) is 2. The lowest BCUT2D eigenvalue weighted by Gasteiger charge is -2.26. The molecule has 2 N–H and O–H groups in total. The molecule has 4 aromatic carbocycles. The van der Waals surface area contributed by atoms with E-state index in [4.69, 9.17) is 23.2 Å². The number of amides is 1. The van der Waals surface area contributed by atoms with E-state index in [0.29, 0.717) is 32.7 Å². The van der Waals surface area contributed by atoms with Gasteiger partial charge in [-0.2, -0.15) is 0 Å². The van der Waals surface area contributed by atoms with Crippen LogP contribution in [0.1, 0.15) is 27.5 Å². The van der Waals surface area contributed by atoms with Crippen molar-refractivity contribution in [3.05, 3.63) is 150 Å². The van der Waals surface area contributed by atoms with Crippen molar-refractivity contribution >= 4 is 51.4 Å². The lowest BCUT2D eigenvalue weighted by Crippen LogP contribution is -2.40. The second kappa shape index (κ2) is 10.6. The van der Waals surface area contributed by atoms with E-state index in [1.54, 1.807) is 60.7 Å². The Kier molecular flexibility index (Phi) is 6.78. The van der Waals surface area contributed by atoms with Gasteiger partial charge >= 0.3 is 0 Å². The smallest absolute Gasteiger partial charge is 0.274 e. The highest BCUT2D eigenvalue weighted by atomic mass is 35.5. The minimum atomic E-state index is -0.799. The van der Waals surface area contributed by atoms with E-state index in [1.165, 1.54) is 17.1 Å². The van der Waals surface area contributed by atoms with Crippen LogP contribution in [-0.2, 0) is 0 Å². The van der Waals surface area contributed by atoms with Crippen molar-refractivity contribution in [2.45, 2.75) is 6.04 Å². The number of pyridine rings is 1. The Balaban J connectivity index is 1.58. The molecule has 1 atom stereocenters. The number of aromatic amines is 1. The first-order valence-corrected chi connectivity index (χ1v) is 13.3. The molecule has 1 aromatic heterocycles. The fraction of sp³-hybridized carbons (Fsp3) is 0.0323. The number of H-pyrrole nitrogens is 1. The summed E-state index contributed by atoms with van der Waals surface area (Å²) in [5, 5.41) is 14.3. The maximum absolute atomic E-state index is 13.9. The predicted molar refractivity (Wildman–Crippen MR) is 160 cm³/mol. The van der Waals surface area contributed by atoms with Gasteiger partial charge in [-0.05, 0) is 47.5 Å². The molecule has 6 rings (SSSR count). The topological polar surface area (TPSA) is 108 Å². The third kappa shape index (κ3) is 4.84. The van der Waals surface area contributed by atoms with Crippen LogP contribution in [-0.4, -0.2) is 20.8 Å². The number of carbonyl (C=O) groups is 1. The molecule has 2 heterocycles. The number of carbonyl (C=O) groups excluding carboxylic acids is 1. The zero-order valence-electron chi connectivity index (χ0n) is 21.2. The first kappa shape index (κ1) is 26.3. The number of nitro groups is 1. The van der Waals surface area contributed by atoms with Crippen molar-refractivity contribution in [3.63, 3.8) is 0 Å². The quantitative estimate of drug-likeness (QED) is 0.169. The largest absolute Gasteiger partial charge is 0.321 e. The van der Waals surface area contributed by atoms with Crippen LogP contribution in [0.3, 0.4) is 0 Å². The Bertz CT molecular complexity index is 1940. The van der Waals surface area contributed by atoms with E-state index < -0.39 is 16.9 Å². The van der Waals surface area contributed by atoms with Gasteiger partial charge in [0.2, 0.25) is 0 Å². The number of hydrazine groups is 1. The van der Waals surface area contributed by atoms with E-state index >= 15 is 0 Å². The minimum absolute atomic E-state index is 0.127. The van der Waals surface area contributed by atoms with Crippen LogP contribution in [0.15, 0.2) is 108 Å². The maximum Gasteiger partial charge on any atom is 0.274 e. The van der Waals surface area contributed by atoms with Crippen LogP contribution in [0.25, 0.3) is 27.7 Å². The number of benzene rings is 4. The normalized spacial score (nSPS) is 14.5. The van der Waals surface area contributed by atoms with Crippen molar-refractivity contribution in [1.82, 2.24) is 15.4 Å². The summed E-state index contributed by atoms with van der Waals surface area (Å²) in [5.74, 6) is -0.472. The highest BCUT2D eigenvalue weighted by Gasteiger charge is 2.35. The summed E-state index contributed by atoms with van der Waals surface area (Å²) in [6.45, 7) is 0. The molecule has 1 aliphatic rings. The Morgan fingerprint density at radius 2 is 1.63 bits per heavy atom. The SMILES string of the molecule is O=C(c1ccccc1Cl)N1NC(c2c(-c3ccccc3)c3cc(Cl)ccc3[nH]c2=O)=CC1c1cccc([N+](=O)[O-])c1. The van der Waals surface area contributed by atoms with Gasteiger partial charge in [0.15, 0.2) is 0 Å². The van der Waals surface area contributed by atoms with E-state index in [2.05, 4.69) is 10.4 Å². The number of rotatable bonds is 5. The number of non-ortho nitro benzene ring substituents is 1. The lowest BCUT2D eigenvalue weighted by atomic mass is 9.94. The zero-order valence-corrected chi connectivity index (χ0v) is 22.7. The Morgan fingerprint density at radius 3 is 2.39 bits per heavy atom. The van der Waals surface area contributed by atoms with E-state index in [1.807, 2.05) is 30.3 Å². The van der Waals surface area contributed by atoms with Crippen LogP contribution in [0.4, 0.5) is 5.69 Å². The molecular weight excluding hydrogens is 563 g/mol. The predicted octanol–water partition coefficient (Wildman–Crippen LogP) is 7.15. The van der Waals surface area contributed by atoms with Crippen LogP contribution >= 0.6 is 23.2 Å². The number of nitrogens with zero attached hydrogens (tertiary/aromatic N) is 2. The average molecular weight is 583 g/mol. The number of aromatic nitrogens is 1. The van der Waals surface area contributed by atoms with Gasteiger partial charge in [0.05, 0.1) is 32.8 Å². The molecule has 0 saturated heterocycles. The van der Waals surface area contributed by atoms with Crippen LogP contribution in [0.2, 0.25) is 10.0 Å². The number of nitro benzene ring substituents is 1. The van der Waals surface area contributed by atoms with Crippen molar-refractivity contribution < 1.29 is 9.72 Å². The Hall–Kier alpha value is -4.92. The summed E-state index contributed by atoms with van der Waals surface area (Å²) in [6.07, 6.45) is 1.71. The maximum atomic E-state index is 13.9. The first-order valence-electron chi connectivity index (χ1n) is 12.5. The molecule has 202 valence electrons. The second-order valence-corrected chi connectivity index (χ2v) is 10.2. The molecular formula is C31H20Cl2N4O4. The van der Waals surface area contributed by atoms with Gasteiger partial charge < -0.3 is 4.98 Å². The molecule has 1 unspecified atom stereocenters. The van der Waals surface area contributed by atoms with Crippen molar-refractivity contribution in [2.24, 2.45) is 0 Å². The molecule has 5 aromatic rings. The number of fused-ring (bicyclic) bond motifs is 1. The van der Waals surface area contributed by atoms with Gasteiger partial charge in [-0.1, -0.05) is 77.8 Å². The number of nitrogens with one attached hydrogen (secondary N) is 2. The van der Waals surface area contributed by atoms with Gasteiger partial charge in [-0.3, -0.25) is 25.1 Å². The van der Waals surface area contributed by atoms with Gasteiger partial charge in [-0.15, -0.1) is 0 Å². The van der Waals surface area contributed by atoms with E-state index in [0.717, 1.165) is 5.56 Å². The fourth-order valence-corrected chi connectivity index (χ4v) is 5.43. The molecule has 0 fully saturated rings. The molecule has 0 saturated carbocycles. The van der Waals surface area contributed by atoms with Crippen molar-refractivity contribution in [1.29, 1.82) is 0 Å². The molecule has 0 bridgehead atoms. The number of halogens is 2. The first-order chi connectivity index (χ1) is 19.8. The third-order valence-corrected chi connectivity index (χ3v) is 7.46. The molecule has 0 spiro atoms. The molecule has 1 amide bonds. The molecule has 10 heteroatoms. The van der Waals surface area contributed by atoms with Gasteiger partial charge in [0.1, 0.15) is 0 Å². The summed E-state index contributed by atoms with van der Waals surface area (Å²) >= 11 is 12.8. The second-order valence-electron chi connectivity index (χ2n) is 9.40. The summed E-state index contributed by atoms with van der Waals surface area (Å²) in [7, 11) is 0. The molecule has 41 heavy (non-hydrogen) atoms. The number of hydrogen-bond acceptors (Lipinski definition) is 5. The molecule has 0 radical (unpaired) electrons. The summed E-state index contributed by atoms with van der Waals surface area (Å²) < 4.78 is 0. The fourth-order valence-electron chi connectivity index (χ4n) is 5.04. The standard InChI is InChI=1S/C31H20Cl2N4O4/c32-20-13-14-25-23(16-20)28(18-7-2-1-3-8-18)29(30(38)34-25)26-17-27(19-9-6-10-21(15-19)37(40)41)36(35-26)31(39)22-11-4-5-12-24(22)33/h1-17,27,35H,(H,34,38). The Labute approximate surface area is 243 Å². The summed E-state index contributed by atoms with van der Waals surface area (Å²) in [6, 6.07) is 26.4. The molecule has 1 aliphatic heterocycles. The highest BCUT2D eigenvalue weighted by Crippen LogP contribution is 2.39. The van der Waals surface area contributed by atoms with Gasteiger partial charge in [0.25, 0.3) is 17.2 Å². The van der Waals surface area contributed by atoms with Crippen LogP contribution in [0.5, 0.6) is 0 Å². The zero-order chi connectivity index (χ0) is 28.7. The van der Waals surface area contributed by atoms with Crippen molar-refractivity contribution in [3.8, 4) is 11.1 Å². The van der Waals surface area contributed by atoms with Crippen molar-refractivity contribution in [2.75, 3.05) is 0 Å². The molecule has 0 aliphatic carbocycles. The molecule has 8 nitrogen and oxygen atoms in total. The lowest BCUT2D eigenvalue weighted by molar-refractivity contribution is -0.384. The van der Waals surface area contributed by atoms with Gasteiger partial charge in [-0.25, -0.2) is 5.01 Å². The minimum Gasteiger partial charge on any atom is -0.321 e. The third-order valence-electron chi connectivity index (χ3n) is 6.90. The Morgan fingerprint density at radius 1 is 0.878 bits per heavy atom. The average Bonchev–Trinajstić information content (AvgIpc) is 3.42. The van der Waals surface area contributed by atoms with E-state index in [-0.39, 0.29) is 27.4 Å². The van der Waals surface area contributed by atoms with E-state index in [9.17, 15) is 19.7 Å². The summed E-state index contributed by atoms with van der Waals surface area (Å²) in [5.41, 5.74) is 5.94. The van der Waals surface area contributed by atoms with Crippen LogP contribution in [0, 0.1) is 10.1 Å². The van der Waals surface area contributed by atoms with Gasteiger partial charge in [0, 0.05) is 33.6 Å².